The van der Waals surface area contributed by atoms with E-state index in [0.717, 1.165) is 43.0 Å². The molecule has 2 N–H and O–H groups in total. The quantitative estimate of drug-likeness (QED) is 0.869. The zero-order valence-electron chi connectivity index (χ0n) is 12.5. The molecule has 1 heterocycles. The standard InChI is InChI=1S/C15H22N2O3.ClH/c1-19-13-5-6-14(20-2)12(8-13)10-17-15(18)11-4-3-7-16-9-11;/h5-6,8,11,16H,3-4,7,9-10H2,1-2H3,(H,17,18);1H/t11-;/m1./s1. The number of halogens is 1. The summed E-state index contributed by atoms with van der Waals surface area (Å²) in [5.74, 6) is 1.68. The van der Waals surface area contributed by atoms with E-state index in [0.29, 0.717) is 6.54 Å². The van der Waals surface area contributed by atoms with E-state index in [4.69, 9.17) is 9.47 Å². The Morgan fingerprint density at radius 2 is 2.19 bits per heavy atom. The van der Waals surface area contributed by atoms with Crippen LogP contribution in [0.5, 0.6) is 11.5 Å². The zero-order chi connectivity index (χ0) is 14.4. The Kier molecular flexibility index (Phi) is 7.32. The Hall–Kier alpha value is -1.46. The number of ether oxygens (including phenoxy) is 2. The minimum Gasteiger partial charge on any atom is -0.497 e. The number of carbonyl (C=O) groups is 1. The number of benzene rings is 1. The number of carbonyl (C=O) groups excluding carboxylic acids is 1. The van der Waals surface area contributed by atoms with Crippen LogP contribution in [0.3, 0.4) is 0 Å². The molecule has 0 radical (unpaired) electrons. The topological polar surface area (TPSA) is 59.6 Å². The molecule has 2 rings (SSSR count). The second-order valence-electron chi connectivity index (χ2n) is 4.94. The van der Waals surface area contributed by atoms with Crippen molar-refractivity contribution in [2.75, 3.05) is 27.3 Å². The molecule has 1 saturated heterocycles. The summed E-state index contributed by atoms with van der Waals surface area (Å²) in [6, 6.07) is 5.58. The molecule has 1 aromatic rings. The summed E-state index contributed by atoms with van der Waals surface area (Å²) in [6.07, 6.45) is 2.01. The summed E-state index contributed by atoms with van der Waals surface area (Å²) in [5.41, 5.74) is 0.920. The van der Waals surface area contributed by atoms with Crippen LogP contribution in [0.25, 0.3) is 0 Å². The Balaban J connectivity index is 0.00000220. The highest BCUT2D eigenvalue weighted by Crippen LogP contribution is 2.23. The van der Waals surface area contributed by atoms with Crippen LogP contribution in [0.2, 0.25) is 0 Å². The van der Waals surface area contributed by atoms with E-state index in [9.17, 15) is 4.79 Å². The van der Waals surface area contributed by atoms with Gasteiger partial charge in [-0.3, -0.25) is 4.79 Å². The molecule has 0 aliphatic carbocycles. The van der Waals surface area contributed by atoms with Gasteiger partial charge in [-0.1, -0.05) is 0 Å². The van der Waals surface area contributed by atoms with Crippen molar-refractivity contribution in [1.29, 1.82) is 0 Å². The molecule has 5 nitrogen and oxygen atoms in total. The van der Waals surface area contributed by atoms with Crippen molar-refractivity contribution in [3.8, 4) is 11.5 Å². The largest absolute Gasteiger partial charge is 0.497 e. The first kappa shape index (κ1) is 17.6. The van der Waals surface area contributed by atoms with Crippen LogP contribution < -0.4 is 20.1 Å². The lowest BCUT2D eigenvalue weighted by Gasteiger charge is -2.22. The predicted octanol–water partition coefficient (Wildman–Crippen LogP) is 1.74. The Labute approximate surface area is 131 Å². The molecule has 1 aromatic carbocycles. The number of amides is 1. The highest BCUT2D eigenvalue weighted by molar-refractivity contribution is 5.85. The molecular formula is C15H23ClN2O3. The summed E-state index contributed by atoms with van der Waals surface area (Å²) in [4.78, 5) is 12.1. The molecule has 1 aliphatic rings. The molecule has 6 heteroatoms. The van der Waals surface area contributed by atoms with Crippen LogP contribution in [0.1, 0.15) is 18.4 Å². The molecule has 1 amide bonds. The molecule has 1 aliphatic heterocycles. The van der Waals surface area contributed by atoms with Crippen molar-refractivity contribution in [3.05, 3.63) is 23.8 Å². The highest BCUT2D eigenvalue weighted by atomic mass is 35.5. The Bertz CT molecular complexity index is 462. The fourth-order valence-electron chi connectivity index (χ4n) is 2.42. The lowest BCUT2D eigenvalue weighted by Crippen LogP contribution is -2.40. The highest BCUT2D eigenvalue weighted by Gasteiger charge is 2.20. The van der Waals surface area contributed by atoms with Gasteiger partial charge in [0, 0.05) is 18.7 Å². The maximum atomic E-state index is 12.1. The van der Waals surface area contributed by atoms with E-state index in [-0.39, 0.29) is 24.2 Å². The number of nitrogens with one attached hydrogen (secondary N) is 2. The van der Waals surface area contributed by atoms with Gasteiger partial charge in [-0.05, 0) is 37.6 Å². The summed E-state index contributed by atoms with van der Waals surface area (Å²) < 4.78 is 10.5. The number of rotatable bonds is 5. The van der Waals surface area contributed by atoms with Crippen LogP contribution >= 0.6 is 12.4 Å². The molecule has 0 bridgehead atoms. The van der Waals surface area contributed by atoms with E-state index in [1.807, 2.05) is 18.2 Å². The average Bonchev–Trinajstić information content (AvgIpc) is 2.53. The number of hydrogen-bond acceptors (Lipinski definition) is 4. The average molecular weight is 315 g/mol. The fraction of sp³-hybridized carbons (Fsp3) is 0.533. The Morgan fingerprint density at radius 1 is 1.38 bits per heavy atom. The van der Waals surface area contributed by atoms with Gasteiger partial charge in [-0.15, -0.1) is 12.4 Å². The summed E-state index contributed by atoms with van der Waals surface area (Å²) >= 11 is 0. The van der Waals surface area contributed by atoms with Crippen LogP contribution in [-0.4, -0.2) is 33.2 Å². The van der Waals surface area contributed by atoms with Gasteiger partial charge >= 0.3 is 0 Å². The van der Waals surface area contributed by atoms with Gasteiger partial charge in [-0.2, -0.15) is 0 Å². The van der Waals surface area contributed by atoms with Gasteiger partial charge in [0.25, 0.3) is 0 Å². The van der Waals surface area contributed by atoms with Crippen LogP contribution in [0, 0.1) is 5.92 Å². The summed E-state index contributed by atoms with van der Waals surface area (Å²) in [7, 11) is 3.25. The molecule has 118 valence electrons. The van der Waals surface area contributed by atoms with E-state index < -0.39 is 0 Å². The monoisotopic (exact) mass is 314 g/mol. The Morgan fingerprint density at radius 3 is 2.81 bits per heavy atom. The molecule has 21 heavy (non-hydrogen) atoms. The second kappa shape index (κ2) is 8.74. The molecule has 0 saturated carbocycles. The zero-order valence-corrected chi connectivity index (χ0v) is 13.3. The number of piperidine rings is 1. The normalized spacial score (nSPS) is 17.5. The summed E-state index contributed by atoms with van der Waals surface area (Å²) in [6.45, 7) is 2.23. The molecule has 1 fully saturated rings. The van der Waals surface area contributed by atoms with Crippen molar-refractivity contribution in [2.45, 2.75) is 19.4 Å². The van der Waals surface area contributed by atoms with E-state index in [1.165, 1.54) is 0 Å². The van der Waals surface area contributed by atoms with E-state index >= 15 is 0 Å². The lowest BCUT2D eigenvalue weighted by atomic mass is 9.99. The molecule has 1 atom stereocenters. The van der Waals surface area contributed by atoms with Gasteiger partial charge in [0.15, 0.2) is 0 Å². The van der Waals surface area contributed by atoms with Crippen molar-refractivity contribution in [3.63, 3.8) is 0 Å². The second-order valence-corrected chi connectivity index (χ2v) is 4.94. The minimum absolute atomic E-state index is 0. The maximum Gasteiger partial charge on any atom is 0.224 e. The first-order valence-corrected chi connectivity index (χ1v) is 6.94. The SMILES string of the molecule is COc1ccc(OC)c(CNC(=O)[C@@H]2CCCNC2)c1.Cl. The van der Waals surface area contributed by atoms with Crippen LogP contribution in [-0.2, 0) is 11.3 Å². The maximum absolute atomic E-state index is 12.1. The molecule has 0 unspecified atom stereocenters. The van der Waals surface area contributed by atoms with Gasteiger partial charge in [0.05, 0.1) is 20.1 Å². The molecule has 0 aromatic heterocycles. The van der Waals surface area contributed by atoms with Crippen molar-refractivity contribution in [1.82, 2.24) is 10.6 Å². The van der Waals surface area contributed by atoms with Crippen LogP contribution in [0.4, 0.5) is 0 Å². The van der Waals surface area contributed by atoms with E-state index in [1.54, 1.807) is 14.2 Å². The van der Waals surface area contributed by atoms with Gasteiger partial charge in [-0.25, -0.2) is 0 Å². The third kappa shape index (κ3) is 4.79. The van der Waals surface area contributed by atoms with Crippen molar-refractivity contribution < 1.29 is 14.3 Å². The smallest absolute Gasteiger partial charge is 0.224 e. The molecule has 0 spiro atoms. The van der Waals surface area contributed by atoms with Crippen LogP contribution in [0.15, 0.2) is 18.2 Å². The first-order chi connectivity index (χ1) is 9.74. The third-order valence-electron chi connectivity index (χ3n) is 3.61. The van der Waals surface area contributed by atoms with Crippen molar-refractivity contribution in [2.24, 2.45) is 5.92 Å². The lowest BCUT2D eigenvalue weighted by molar-refractivity contribution is -0.125. The predicted molar refractivity (Wildman–Crippen MR) is 84.2 cm³/mol. The third-order valence-corrected chi connectivity index (χ3v) is 3.61. The van der Waals surface area contributed by atoms with Crippen molar-refractivity contribution >= 4 is 18.3 Å². The number of hydrogen-bond donors (Lipinski definition) is 2. The molecular weight excluding hydrogens is 292 g/mol. The fourth-order valence-corrected chi connectivity index (χ4v) is 2.42. The number of methoxy groups -OCH3 is 2. The summed E-state index contributed by atoms with van der Waals surface area (Å²) in [5, 5.41) is 6.23. The van der Waals surface area contributed by atoms with Gasteiger partial charge in [0.2, 0.25) is 5.91 Å². The minimum atomic E-state index is 0. The van der Waals surface area contributed by atoms with Gasteiger partial charge in [0.1, 0.15) is 11.5 Å². The van der Waals surface area contributed by atoms with E-state index in [2.05, 4.69) is 10.6 Å². The van der Waals surface area contributed by atoms with Gasteiger partial charge < -0.3 is 20.1 Å². The first-order valence-electron chi connectivity index (χ1n) is 6.94.